The van der Waals surface area contributed by atoms with Gasteiger partial charge in [-0.15, -0.1) is 11.3 Å². The lowest BCUT2D eigenvalue weighted by Gasteiger charge is -2.24. The smallest absolute Gasteiger partial charge is 0.338 e. The zero-order valence-electron chi connectivity index (χ0n) is 11.8. The van der Waals surface area contributed by atoms with E-state index in [4.69, 9.17) is 4.74 Å². The van der Waals surface area contributed by atoms with Crippen LogP contribution in [0, 0.1) is 13.8 Å². The summed E-state index contributed by atoms with van der Waals surface area (Å²) in [5.74, 6) is -1.37. The van der Waals surface area contributed by atoms with E-state index in [1.165, 1.54) is 18.4 Å². The molecule has 0 bridgehead atoms. The average Bonchev–Trinajstić information content (AvgIpc) is 2.63. The highest BCUT2D eigenvalue weighted by Crippen LogP contribution is 2.33. The molecule has 19 heavy (non-hydrogen) atoms. The van der Waals surface area contributed by atoms with Crippen molar-refractivity contribution in [2.45, 2.75) is 39.7 Å². The van der Waals surface area contributed by atoms with E-state index in [2.05, 4.69) is 5.32 Å². The number of anilines is 1. The van der Waals surface area contributed by atoms with Crippen molar-refractivity contribution >= 4 is 28.2 Å². The number of aromatic carboxylic acids is 1. The molecule has 1 atom stereocenters. The Bertz CT molecular complexity index is 503. The number of hydrogen-bond acceptors (Lipinski definition) is 4. The second-order valence-electron chi connectivity index (χ2n) is 4.54. The molecule has 2 N–H and O–H groups in total. The molecule has 6 heteroatoms. The normalized spacial score (nSPS) is 13.9. The minimum atomic E-state index is -1.03. The Morgan fingerprint density at radius 1 is 1.42 bits per heavy atom. The molecule has 1 aromatic rings. The van der Waals surface area contributed by atoms with Crippen molar-refractivity contribution in [1.82, 2.24) is 0 Å². The highest BCUT2D eigenvalue weighted by Gasteiger charge is 2.32. The van der Waals surface area contributed by atoms with Crippen LogP contribution in [0.4, 0.5) is 5.00 Å². The van der Waals surface area contributed by atoms with Crippen molar-refractivity contribution in [3.63, 3.8) is 0 Å². The first-order chi connectivity index (χ1) is 8.76. The molecule has 1 rings (SSSR count). The lowest BCUT2D eigenvalue weighted by molar-refractivity contribution is -0.136. The summed E-state index contributed by atoms with van der Waals surface area (Å²) in [7, 11) is 1.46. The van der Waals surface area contributed by atoms with Crippen LogP contribution in [0.5, 0.6) is 0 Å². The third-order valence-corrected chi connectivity index (χ3v) is 4.55. The number of methoxy groups -OCH3 is 1. The van der Waals surface area contributed by atoms with Gasteiger partial charge in [-0.2, -0.15) is 0 Å². The SMILES string of the molecule is CCC(C)(OC)C(=O)Nc1sc(C)c(C)c1C(=O)O. The minimum Gasteiger partial charge on any atom is -0.478 e. The fourth-order valence-corrected chi connectivity index (χ4v) is 2.65. The topological polar surface area (TPSA) is 75.6 Å². The molecule has 1 heterocycles. The molecule has 1 unspecified atom stereocenters. The van der Waals surface area contributed by atoms with Gasteiger partial charge in [0.2, 0.25) is 0 Å². The lowest BCUT2D eigenvalue weighted by Crippen LogP contribution is -2.41. The van der Waals surface area contributed by atoms with Crippen LogP contribution in [0.2, 0.25) is 0 Å². The quantitative estimate of drug-likeness (QED) is 0.872. The van der Waals surface area contributed by atoms with Crippen LogP contribution in [-0.4, -0.2) is 29.7 Å². The summed E-state index contributed by atoms with van der Waals surface area (Å²) in [6, 6.07) is 0. The second kappa shape index (κ2) is 5.71. The Hall–Kier alpha value is -1.40. The van der Waals surface area contributed by atoms with Gasteiger partial charge in [0.1, 0.15) is 10.6 Å². The maximum absolute atomic E-state index is 12.2. The van der Waals surface area contributed by atoms with Crippen LogP contribution < -0.4 is 5.32 Å². The summed E-state index contributed by atoms with van der Waals surface area (Å²) in [5.41, 5.74) is -0.115. The number of carboxylic acids is 1. The zero-order valence-corrected chi connectivity index (χ0v) is 12.6. The standard InChI is InChI=1S/C13H19NO4S/c1-6-13(4,18-5)12(17)14-10-9(11(15)16)7(2)8(3)19-10/h6H2,1-5H3,(H,14,17)(H,15,16). The number of thiophene rings is 1. The van der Waals surface area contributed by atoms with Crippen LogP contribution in [0.3, 0.4) is 0 Å². The Morgan fingerprint density at radius 2 is 2.00 bits per heavy atom. The van der Waals surface area contributed by atoms with E-state index in [0.29, 0.717) is 17.0 Å². The molecule has 0 aromatic carbocycles. The van der Waals surface area contributed by atoms with E-state index in [1.807, 2.05) is 13.8 Å². The van der Waals surface area contributed by atoms with Crippen molar-refractivity contribution in [3.05, 3.63) is 16.0 Å². The molecule has 106 valence electrons. The van der Waals surface area contributed by atoms with E-state index in [9.17, 15) is 14.7 Å². The molecule has 0 saturated carbocycles. The molecule has 0 spiro atoms. The number of carbonyl (C=O) groups is 2. The first-order valence-corrected chi connectivity index (χ1v) is 6.78. The monoisotopic (exact) mass is 285 g/mol. The molecular weight excluding hydrogens is 266 g/mol. The van der Waals surface area contributed by atoms with E-state index in [0.717, 1.165) is 4.88 Å². The van der Waals surface area contributed by atoms with Gasteiger partial charge in [0.05, 0.1) is 5.56 Å². The molecule has 0 radical (unpaired) electrons. The van der Waals surface area contributed by atoms with Gasteiger partial charge in [0, 0.05) is 12.0 Å². The number of nitrogens with one attached hydrogen (secondary N) is 1. The highest BCUT2D eigenvalue weighted by atomic mass is 32.1. The van der Waals surface area contributed by atoms with Crippen LogP contribution in [0.25, 0.3) is 0 Å². The summed E-state index contributed by atoms with van der Waals surface area (Å²) >= 11 is 1.27. The Kier molecular flexibility index (Phi) is 4.70. The molecule has 1 amide bonds. The van der Waals surface area contributed by atoms with Crippen LogP contribution in [0.15, 0.2) is 0 Å². The second-order valence-corrected chi connectivity index (χ2v) is 5.76. The van der Waals surface area contributed by atoms with Gasteiger partial charge in [-0.1, -0.05) is 6.92 Å². The first kappa shape index (κ1) is 15.7. The van der Waals surface area contributed by atoms with Gasteiger partial charge >= 0.3 is 5.97 Å². The largest absolute Gasteiger partial charge is 0.478 e. The van der Waals surface area contributed by atoms with Gasteiger partial charge in [0.25, 0.3) is 5.91 Å². The lowest BCUT2D eigenvalue weighted by atomic mass is 10.0. The Morgan fingerprint density at radius 3 is 2.42 bits per heavy atom. The van der Waals surface area contributed by atoms with Crippen molar-refractivity contribution < 1.29 is 19.4 Å². The van der Waals surface area contributed by atoms with Crippen molar-refractivity contribution in [2.75, 3.05) is 12.4 Å². The third-order valence-electron chi connectivity index (χ3n) is 3.43. The summed E-state index contributed by atoms with van der Waals surface area (Å²) in [6.45, 7) is 7.08. The Labute approximate surface area is 116 Å². The maximum atomic E-state index is 12.2. The number of hydrogen-bond donors (Lipinski definition) is 2. The molecule has 0 aliphatic heterocycles. The molecule has 0 fully saturated rings. The first-order valence-electron chi connectivity index (χ1n) is 5.96. The number of carboxylic acid groups (broad SMARTS) is 1. The number of carbonyl (C=O) groups excluding carboxylic acids is 1. The number of aryl methyl sites for hydroxylation is 1. The zero-order chi connectivity index (χ0) is 14.8. The van der Waals surface area contributed by atoms with Gasteiger partial charge in [0.15, 0.2) is 0 Å². The van der Waals surface area contributed by atoms with Crippen molar-refractivity contribution in [1.29, 1.82) is 0 Å². The molecule has 0 saturated heterocycles. The predicted molar refractivity (Wildman–Crippen MR) is 75.1 cm³/mol. The van der Waals surface area contributed by atoms with Gasteiger partial charge in [-0.3, -0.25) is 4.79 Å². The third kappa shape index (κ3) is 2.96. The number of rotatable bonds is 5. The van der Waals surface area contributed by atoms with Crippen LogP contribution in [0.1, 0.15) is 41.1 Å². The van der Waals surface area contributed by atoms with Crippen molar-refractivity contribution in [2.24, 2.45) is 0 Å². The van der Waals surface area contributed by atoms with Gasteiger partial charge in [-0.25, -0.2) is 4.79 Å². The predicted octanol–water partition coefficient (Wildman–Crippen LogP) is 2.82. The summed E-state index contributed by atoms with van der Waals surface area (Å²) in [6.07, 6.45) is 0.501. The Balaban J connectivity index is 3.10. The molecule has 1 aromatic heterocycles. The molecule has 5 nitrogen and oxygen atoms in total. The van der Waals surface area contributed by atoms with Crippen LogP contribution >= 0.6 is 11.3 Å². The van der Waals surface area contributed by atoms with E-state index in [-0.39, 0.29) is 11.5 Å². The van der Waals surface area contributed by atoms with Gasteiger partial charge in [-0.05, 0) is 32.8 Å². The fourth-order valence-electron chi connectivity index (χ4n) is 1.61. The maximum Gasteiger partial charge on any atom is 0.338 e. The summed E-state index contributed by atoms with van der Waals surface area (Å²) < 4.78 is 5.20. The van der Waals surface area contributed by atoms with Crippen molar-refractivity contribution in [3.8, 4) is 0 Å². The van der Waals surface area contributed by atoms with E-state index >= 15 is 0 Å². The summed E-state index contributed by atoms with van der Waals surface area (Å²) in [4.78, 5) is 24.3. The van der Waals surface area contributed by atoms with Gasteiger partial charge < -0.3 is 15.2 Å². The molecule has 0 aliphatic rings. The van der Waals surface area contributed by atoms with E-state index in [1.54, 1.807) is 13.8 Å². The number of amides is 1. The van der Waals surface area contributed by atoms with E-state index < -0.39 is 11.6 Å². The molecule has 0 aliphatic carbocycles. The minimum absolute atomic E-state index is 0.158. The summed E-state index contributed by atoms with van der Waals surface area (Å²) in [5, 5.41) is 12.2. The highest BCUT2D eigenvalue weighted by molar-refractivity contribution is 7.16. The fraction of sp³-hybridized carbons (Fsp3) is 0.538. The molecular formula is C13H19NO4S. The average molecular weight is 285 g/mol. The van der Waals surface area contributed by atoms with Crippen LogP contribution in [-0.2, 0) is 9.53 Å². The number of ether oxygens (including phenoxy) is 1.